The number of rotatable bonds is 3. The molecule has 0 saturated heterocycles. The number of urea groups is 1. The molecule has 1 heterocycles. The van der Waals surface area contributed by atoms with Crippen LogP contribution in [-0.2, 0) is 0 Å². The summed E-state index contributed by atoms with van der Waals surface area (Å²) in [5, 5.41) is 16.1. The molecule has 2 aromatic carbocycles. The van der Waals surface area contributed by atoms with E-state index >= 15 is 0 Å². The fourth-order valence-corrected chi connectivity index (χ4v) is 3.74. The molecule has 0 aliphatic carbocycles. The Morgan fingerprint density at radius 1 is 1.12 bits per heavy atom. The van der Waals surface area contributed by atoms with E-state index in [0.717, 1.165) is 16.0 Å². The molecular formula is C19H14ClN3OS. The zero-order valence-corrected chi connectivity index (χ0v) is 14.9. The number of benzene rings is 2. The van der Waals surface area contributed by atoms with Crippen molar-refractivity contribution in [2.75, 3.05) is 10.6 Å². The highest BCUT2D eigenvalue weighted by Gasteiger charge is 2.18. The van der Waals surface area contributed by atoms with Gasteiger partial charge >= 0.3 is 6.03 Å². The van der Waals surface area contributed by atoms with Crippen molar-refractivity contribution in [3.05, 3.63) is 70.1 Å². The maximum atomic E-state index is 12.3. The zero-order chi connectivity index (χ0) is 17.8. The van der Waals surface area contributed by atoms with Crippen molar-refractivity contribution in [2.24, 2.45) is 0 Å². The summed E-state index contributed by atoms with van der Waals surface area (Å²) in [6.07, 6.45) is 0. The second-order valence-electron chi connectivity index (χ2n) is 5.30. The molecule has 3 aromatic rings. The lowest BCUT2D eigenvalue weighted by molar-refractivity contribution is 0.262. The molecule has 0 bridgehead atoms. The quantitative estimate of drug-likeness (QED) is 0.605. The lowest BCUT2D eigenvalue weighted by Crippen LogP contribution is -2.19. The summed E-state index contributed by atoms with van der Waals surface area (Å²) >= 11 is 7.30. The van der Waals surface area contributed by atoms with Gasteiger partial charge in [0.05, 0.1) is 5.56 Å². The van der Waals surface area contributed by atoms with Gasteiger partial charge in [-0.3, -0.25) is 5.32 Å². The molecule has 0 unspecified atom stereocenters. The number of carbonyl (C=O) groups is 1. The molecule has 6 heteroatoms. The van der Waals surface area contributed by atoms with E-state index in [-0.39, 0.29) is 0 Å². The van der Waals surface area contributed by atoms with Crippen LogP contribution in [0.3, 0.4) is 0 Å². The van der Waals surface area contributed by atoms with Gasteiger partial charge < -0.3 is 5.32 Å². The van der Waals surface area contributed by atoms with Gasteiger partial charge in [-0.2, -0.15) is 5.26 Å². The number of nitrogens with one attached hydrogen (secondary N) is 2. The van der Waals surface area contributed by atoms with E-state index in [2.05, 4.69) is 16.7 Å². The summed E-state index contributed by atoms with van der Waals surface area (Å²) in [4.78, 5) is 13.2. The third-order valence-electron chi connectivity index (χ3n) is 3.57. The van der Waals surface area contributed by atoms with Crippen LogP contribution in [0, 0.1) is 18.3 Å². The first-order valence-corrected chi connectivity index (χ1v) is 8.70. The standard InChI is InChI=1S/C19H14ClN3OS/c1-12-17(13-6-3-2-4-7-13)16(11-21)18(25-12)23-19(24)22-15-9-5-8-14(20)10-15/h2-10H,1H3,(H2,22,23,24). The molecular weight excluding hydrogens is 354 g/mol. The van der Waals surface area contributed by atoms with Crippen molar-refractivity contribution in [3.63, 3.8) is 0 Å². The van der Waals surface area contributed by atoms with Crippen LogP contribution in [0.15, 0.2) is 54.6 Å². The maximum absolute atomic E-state index is 12.3. The molecule has 0 spiro atoms. The van der Waals surface area contributed by atoms with Crippen molar-refractivity contribution < 1.29 is 4.79 Å². The van der Waals surface area contributed by atoms with Gasteiger partial charge in [-0.25, -0.2) is 4.79 Å². The lowest BCUT2D eigenvalue weighted by Gasteiger charge is -2.07. The van der Waals surface area contributed by atoms with Gasteiger partial charge in [0, 0.05) is 21.2 Å². The van der Waals surface area contributed by atoms with Gasteiger partial charge in [0.15, 0.2) is 0 Å². The molecule has 4 nitrogen and oxygen atoms in total. The van der Waals surface area contributed by atoms with Crippen LogP contribution in [0.4, 0.5) is 15.5 Å². The second-order valence-corrected chi connectivity index (χ2v) is 6.97. The van der Waals surface area contributed by atoms with Gasteiger partial charge in [0.25, 0.3) is 0 Å². The first-order chi connectivity index (χ1) is 12.1. The Morgan fingerprint density at radius 2 is 1.88 bits per heavy atom. The number of carbonyl (C=O) groups excluding carboxylic acids is 1. The second kappa shape index (κ2) is 7.39. The number of aryl methyl sites for hydroxylation is 1. The van der Waals surface area contributed by atoms with Crippen molar-refractivity contribution in [1.29, 1.82) is 5.26 Å². The normalized spacial score (nSPS) is 10.1. The third-order valence-corrected chi connectivity index (χ3v) is 4.82. The Labute approximate surface area is 154 Å². The van der Waals surface area contributed by atoms with Crippen LogP contribution in [0.2, 0.25) is 5.02 Å². The molecule has 0 aliphatic heterocycles. The average Bonchev–Trinajstić information content (AvgIpc) is 2.90. The van der Waals surface area contributed by atoms with Crippen molar-refractivity contribution >= 4 is 39.7 Å². The molecule has 0 aliphatic rings. The Bertz CT molecular complexity index is 961. The van der Waals surface area contributed by atoms with Crippen LogP contribution in [-0.4, -0.2) is 6.03 Å². The van der Waals surface area contributed by atoms with E-state index in [0.29, 0.717) is 21.3 Å². The van der Waals surface area contributed by atoms with E-state index in [4.69, 9.17) is 11.6 Å². The molecule has 0 radical (unpaired) electrons. The third kappa shape index (κ3) is 3.82. The van der Waals surface area contributed by atoms with Crippen LogP contribution in [0.25, 0.3) is 11.1 Å². The molecule has 0 fully saturated rings. The van der Waals surface area contributed by atoms with E-state index in [1.165, 1.54) is 11.3 Å². The monoisotopic (exact) mass is 367 g/mol. The number of nitriles is 1. The Balaban J connectivity index is 1.86. The first kappa shape index (κ1) is 17.0. The maximum Gasteiger partial charge on any atom is 0.324 e. The largest absolute Gasteiger partial charge is 0.324 e. The Morgan fingerprint density at radius 3 is 2.56 bits per heavy atom. The topological polar surface area (TPSA) is 64.9 Å². The summed E-state index contributed by atoms with van der Waals surface area (Å²) in [7, 11) is 0. The lowest BCUT2D eigenvalue weighted by atomic mass is 10.0. The highest BCUT2D eigenvalue weighted by molar-refractivity contribution is 7.17. The minimum absolute atomic E-state index is 0.417. The smallest absolute Gasteiger partial charge is 0.308 e. The first-order valence-electron chi connectivity index (χ1n) is 7.51. The van der Waals surface area contributed by atoms with Crippen molar-refractivity contribution in [2.45, 2.75) is 6.92 Å². The van der Waals surface area contributed by atoms with Crippen LogP contribution >= 0.6 is 22.9 Å². The number of thiophene rings is 1. The van der Waals surface area contributed by atoms with Gasteiger partial charge in [-0.15, -0.1) is 11.3 Å². The predicted octanol–water partition coefficient (Wildman–Crippen LogP) is 5.89. The Kier molecular flexibility index (Phi) is 5.03. The molecule has 25 heavy (non-hydrogen) atoms. The Hall–Kier alpha value is -2.81. The van der Waals surface area contributed by atoms with Gasteiger partial charge in [-0.1, -0.05) is 48.0 Å². The average molecular weight is 368 g/mol. The predicted molar refractivity (Wildman–Crippen MR) is 103 cm³/mol. The summed E-state index contributed by atoms with van der Waals surface area (Å²) in [6.45, 7) is 1.94. The number of nitrogens with zero attached hydrogens (tertiary/aromatic N) is 1. The minimum Gasteiger partial charge on any atom is -0.308 e. The van der Waals surface area contributed by atoms with Crippen molar-refractivity contribution in [3.8, 4) is 17.2 Å². The number of anilines is 2. The summed E-state index contributed by atoms with van der Waals surface area (Å²) < 4.78 is 0. The zero-order valence-electron chi connectivity index (χ0n) is 13.3. The van der Waals surface area contributed by atoms with E-state index in [1.54, 1.807) is 24.3 Å². The molecule has 0 saturated carbocycles. The summed E-state index contributed by atoms with van der Waals surface area (Å²) in [5.74, 6) is 0. The van der Waals surface area contributed by atoms with Crippen LogP contribution in [0.5, 0.6) is 0 Å². The fourth-order valence-electron chi connectivity index (χ4n) is 2.52. The minimum atomic E-state index is -0.417. The van der Waals surface area contributed by atoms with Gasteiger partial charge in [0.1, 0.15) is 11.1 Å². The number of hydrogen-bond donors (Lipinski definition) is 2. The van der Waals surface area contributed by atoms with E-state index < -0.39 is 6.03 Å². The van der Waals surface area contributed by atoms with Crippen LogP contribution < -0.4 is 10.6 Å². The molecule has 2 amide bonds. The number of hydrogen-bond acceptors (Lipinski definition) is 3. The fraction of sp³-hybridized carbons (Fsp3) is 0.0526. The summed E-state index contributed by atoms with van der Waals surface area (Å²) in [5.41, 5.74) is 2.86. The van der Waals surface area contributed by atoms with E-state index in [1.807, 2.05) is 37.3 Å². The molecule has 124 valence electrons. The van der Waals surface area contributed by atoms with Gasteiger partial charge in [0.2, 0.25) is 0 Å². The van der Waals surface area contributed by atoms with E-state index in [9.17, 15) is 10.1 Å². The number of amides is 2. The molecule has 3 rings (SSSR count). The molecule has 0 atom stereocenters. The SMILES string of the molecule is Cc1sc(NC(=O)Nc2cccc(Cl)c2)c(C#N)c1-c1ccccc1. The molecule has 2 N–H and O–H groups in total. The molecule has 1 aromatic heterocycles. The number of halogens is 1. The highest BCUT2D eigenvalue weighted by atomic mass is 35.5. The van der Waals surface area contributed by atoms with Gasteiger partial charge in [-0.05, 0) is 30.7 Å². The van der Waals surface area contributed by atoms with Crippen molar-refractivity contribution in [1.82, 2.24) is 0 Å². The highest BCUT2D eigenvalue weighted by Crippen LogP contribution is 2.39. The summed E-state index contributed by atoms with van der Waals surface area (Å²) in [6, 6.07) is 18.3. The van der Waals surface area contributed by atoms with Crippen LogP contribution in [0.1, 0.15) is 10.4 Å².